The van der Waals surface area contributed by atoms with Crippen molar-refractivity contribution in [2.24, 2.45) is 0 Å². The molecule has 6 nitrogen and oxygen atoms in total. The largest absolute Gasteiger partial charge is 0.495 e. The summed E-state index contributed by atoms with van der Waals surface area (Å²) in [4.78, 5) is 20.5. The molecule has 0 radical (unpaired) electrons. The summed E-state index contributed by atoms with van der Waals surface area (Å²) in [5.41, 5.74) is 1.49. The minimum Gasteiger partial charge on any atom is -0.495 e. The van der Waals surface area contributed by atoms with E-state index in [1.807, 2.05) is 0 Å². The highest BCUT2D eigenvalue weighted by Crippen LogP contribution is 2.28. The Bertz CT molecular complexity index is 933. The highest BCUT2D eigenvalue weighted by atomic mass is 35.5. The second-order valence-corrected chi connectivity index (χ2v) is 6.07. The van der Waals surface area contributed by atoms with Crippen LogP contribution in [0.5, 0.6) is 5.75 Å². The smallest absolute Gasteiger partial charge is 0.275 e. The molecule has 0 unspecified atom stereocenters. The van der Waals surface area contributed by atoms with Crippen molar-refractivity contribution in [1.82, 2.24) is 9.97 Å². The van der Waals surface area contributed by atoms with Crippen molar-refractivity contribution >= 4 is 46.3 Å². The predicted molar refractivity (Wildman–Crippen MR) is 103 cm³/mol. The molecule has 0 fully saturated rings. The number of amides is 1. The lowest BCUT2D eigenvalue weighted by atomic mass is 10.3. The number of carbonyl (C=O) groups excluding carboxylic acids is 1. The number of nitrogens with one attached hydrogen (secondary N) is 2. The maximum Gasteiger partial charge on any atom is 0.275 e. The second kappa shape index (κ2) is 8.03. The summed E-state index contributed by atoms with van der Waals surface area (Å²) in [6.45, 7) is 0. The third-order valence-corrected chi connectivity index (χ3v) is 3.92. The zero-order valence-electron chi connectivity index (χ0n) is 13.7. The Morgan fingerprint density at radius 3 is 2.54 bits per heavy atom. The molecule has 0 atom stereocenters. The molecule has 0 bridgehead atoms. The van der Waals surface area contributed by atoms with Crippen LogP contribution in [0, 0.1) is 0 Å². The first kappa shape index (κ1) is 18.0. The molecule has 3 aromatic rings. The molecule has 2 N–H and O–H groups in total. The summed E-state index contributed by atoms with van der Waals surface area (Å²) >= 11 is 12.0. The number of anilines is 3. The summed E-state index contributed by atoms with van der Waals surface area (Å²) in [5, 5.41) is 6.78. The molecule has 0 aliphatic heterocycles. The van der Waals surface area contributed by atoms with Gasteiger partial charge >= 0.3 is 0 Å². The predicted octanol–water partition coefficient (Wildman–Crippen LogP) is 4.79. The van der Waals surface area contributed by atoms with Gasteiger partial charge in [-0.3, -0.25) is 4.79 Å². The number of nitrogens with zero attached hydrogens (tertiary/aromatic N) is 2. The molecule has 0 spiro atoms. The van der Waals surface area contributed by atoms with Gasteiger partial charge in [0.2, 0.25) is 0 Å². The first-order chi connectivity index (χ1) is 12.5. The second-order valence-electron chi connectivity index (χ2n) is 5.23. The fourth-order valence-corrected chi connectivity index (χ4v) is 2.61. The van der Waals surface area contributed by atoms with E-state index in [2.05, 4.69) is 20.6 Å². The van der Waals surface area contributed by atoms with Crippen molar-refractivity contribution in [2.45, 2.75) is 0 Å². The number of benzene rings is 2. The van der Waals surface area contributed by atoms with Crippen LogP contribution in [-0.2, 0) is 0 Å². The van der Waals surface area contributed by atoms with Gasteiger partial charge in [0, 0.05) is 16.4 Å². The van der Waals surface area contributed by atoms with Crippen molar-refractivity contribution in [3.05, 3.63) is 70.6 Å². The Morgan fingerprint density at radius 2 is 1.88 bits per heavy atom. The highest BCUT2D eigenvalue weighted by molar-refractivity contribution is 6.32. The van der Waals surface area contributed by atoms with Crippen LogP contribution in [0.15, 0.2) is 54.9 Å². The number of hydrogen-bond donors (Lipinski definition) is 2. The van der Waals surface area contributed by atoms with E-state index in [-0.39, 0.29) is 11.6 Å². The third-order valence-electron chi connectivity index (χ3n) is 3.39. The lowest BCUT2D eigenvalue weighted by Gasteiger charge is -2.09. The highest BCUT2D eigenvalue weighted by Gasteiger charge is 2.09. The Balaban J connectivity index is 1.68. The van der Waals surface area contributed by atoms with Crippen LogP contribution in [0.4, 0.5) is 17.2 Å². The first-order valence-electron chi connectivity index (χ1n) is 7.54. The molecule has 8 heteroatoms. The van der Waals surface area contributed by atoms with E-state index in [9.17, 15) is 4.79 Å². The monoisotopic (exact) mass is 388 g/mol. The average molecular weight is 389 g/mol. The van der Waals surface area contributed by atoms with E-state index in [4.69, 9.17) is 27.9 Å². The number of ether oxygens (including phenoxy) is 1. The molecule has 0 aliphatic rings. The van der Waals surface area contributed by atoms with Crippen molar-refractivity contribution in [1.29, 1.82) is 0 Å². The molecule has 2 aromatic carbocycles. The SMILES string of the molecule is COc1ccc(Nc2cnc(C(=O)Nc3cccc(Cl)c3)cn2)cc1Cl. The van der Waals surface area contributed by atoms with E-state index in [0.717, 1.165) is 5.69 Å². The number of methoxy groups -OCH3 is 1. The molecule has 1 aromatic heterocycles. The van der Waals surface area contributed by atoms with Crippen molar-refractivity contribution in [3.8, 4) is 5.75 Å². The number of rotatable bonds is 5. The minimum atomic E-state index is -0.376. The number of aromatic nitrogens is 2. The Labute approximate surface area is 160 Å². The maximum absolute atomic E-state index is 12.2. The molecule has 0 saturated heterocycles. The number of hydrogen-bond acceptors (Lipinski definition) is 5. The summed E-state index contributed by atoms with van der Waals surface area (Å²) in [6.07, 6.45) is 2.85. The quantitative estimate of drug-likeness (QED) is 0.656. The normalized spacial score (nSPS) is 10.3. The maximum atomic E-state index is 12.2. The fraction of sp³-hybridized carbons (Fsp3) is 0.0556. The summed E-state index contributed by atoms with van der Waals surface area (Å²) < 4.78 is 5.11. The Hall–Kier alpha value is -2.83. The summed E-state index contributed by atoms with van der Waals surface area (Å²) in [5.74, 6) is 0.681. The fourth-order valence-electron chi connectivity index (χ4n) is 2.16. The van der Waals surface area contributed by atoms with Crippen molar-refractivity contribution < 1.29 is 9.53 Å². The van der Waals surface area contributed by atoms with E-state index >= 15 is 0 Å². The van der Waals surface area contributed by atoms with Crippen LogP contribution in [0.2, 0.25) is 10.0 Å². The van der Waals surface area contributed by atoms with Crippen molar-refractivity contribution in [2.75, 3.05) is 17.7 Å². The molecular formula is C18H14Cl2N4O2. The summed E-state index contributed by atoms with van der Waals surface area (Å²) in [7, 11) is 1.55. The first-order valence-corrected chi connectivity index (χ1v) is 8.30. The van der Waals surface area contributed by atoms with E-state index < -0.39 is 0 Å². The number of carbonyl (C=O) groups is 1. The number of halogens is 2. The van der Waals surface area contributed by atoms with Crippen LogP contribution in [-0.4, -0.2) is 23.0 Å². The Morgan fingerprint density at radius 1 is 1.04 bits per heavy atom. The van der Waals surface area contributed by atoms with Gasteiger partial charge in [0.25, 0.3) is 5.91 Å². The van der Waals surface area contributed by atoms with Crippen LogP contribution >= 0.6 is 23.2 Å². The minimum absolute atomic E-state index is 0.184. The molecule has 0 saturated carbocycles. The van der Waals surface area contributed by atoms with Crippen molar-refractivity contribution in [3.63, 3.8) is 0 Å². The zero-order valence-corrected chi connectivity index (χ0v) is 15.2. The van der Waals surface area contributed by atoms with Gasteiger partial charge in [-0.15, -0.1) is 0 Å². The van der Waals surface area contributed by atoms with E-state index in [1.165, 1.54) is 12.4 Å². The standard InChI is InChI=1S/C18H14Cl2N4O2/c1-26-16-6-5-13(8-14(16)20)23-17-10-21-15(9-22-17)18(25)24-12-4-2-3-11(19)7-12/h2-10H,1H3,(H,22,23)(H,24,25). The lowest BCUT2D eigenvalue weighted by Crippen LogP contribution is -2.14. The van der Waals surface area contributed by atoms with Gasteiger partial charge in [0.1, 0.15) is 17.3 Å². The Kier molecular flexibility index (Phi) is 5.55. The van der Waals surface area contributed by atoms with E-state index in [1.54, 1.807) is 49.6 Å². The van der Waals surface area contributed by atoms with Gasteiger partial charge in [-0.1, -0.05) is 29.3 Å². The van der Waals surface area contributed by atoms with Crippen LogP contribution < -0.4 is 15.4 Å². The third kappa shape index (κ3) is 4.41. The average Bonchev–Trinajstić information content (AvgIpc) is 2.62. The molecular weight excluding hydrogens is 375 g/mol. The van der Waals surface area contributed by atoms with E-state index in [0.29, 0.717) is 27.3 Å². The zero-order chi connectivity index (χ0) is 18.5. The van der Waals surface area contributed by atoms with Crippen LogP contribution in [0.25, 0.3) is 0 Å². The molecule has 1 heterocycles. The van der Waals surface area contributed by atoms with Gasteiger partial charge in [-0.05, 0) is 36.4 Å². The van der Waals surface area contributed by atoms with Gasteiger partial charge in [-0.2, -0.15) is 0 Å². The molecule has 1 amide bonds. The van der Waals surface area contributed by atoms with Crippen LogP contribution in [0.1, 0.15) is 10.5 Å². The van der Waals surface area contributed by atoms with Gasteiger partial charge in [-0.25, -0.2) is 9.97 Å². The molecule has 132 valence electrons. The van der Waals surface area contributed by atoms with Gasteiger partial charge in [0.15, 0.2) is 0 Å². The molecule has 26 heavy (non-hydrogen) atoms. The van der Waals surface area contributed by atoms with Gasteiger partial charge < -0.3 is 15.4 Å². The lowest BCUT2D eigenvalue weighted by molar-refractivity contribution is 0.102. The molecule has 0 aliphatic carbocycles. The van der Waals surface area contributed by atoms with Crippen LogP contribution in [0.3, 0.4) is 0 Å². The van der Waals surface area contributed by atoms with Gasteiger partial charge in [0.05, 0.1) is 24.5 Å². The topological polar surface area (TPSA) is 76.1 Å². The molecule has 3 rings (SSSR count). The summed E-state index contributed by atoms with van der Waals surface area (Å²) in [6, 6.07) is 12.1.